The molecule has 19 heavy (non-hydrogen) atoms. The summed E-state index contributed by atoms with van der Waals surface area (Å²) >= 11 is 1.62. The van der Waals surface area contributed by atoms with E-state index in [2.05, 4.69) is 11.9 Å². The molecular weight excluding hydrogens is 258 g/mol. The maximum absolute atomic E-state index is 12.1. The van der Waals surface area contributed by atoms with Crippen molar-refractivity contribution in [3.63, 3.8) is 0 Å². The van der Waals surface area contributed by atoms with E-state index in [9.17, 15) is 4.79 Å². The third-order valence-electron chi connectivity index (χ3n) is 3.60. The van der Waals surface area contributed by atoms with Crippen LogP contribution in [0.2, 0.25) is 0 Å². The molecule has 0 aliphatic carbocycles. The van der Waals surface area contributed by atoms with Crippen molar-refractivity contribution in [1.82, 2.24) is 9.88 Å². The number of rotatable bonds is 5. The van der Waals surface area contributed by atoms with E-state index in [0.29, 0.717) is 12.3 Å². The smallest absolute Gasteiger partial charge is 0.232 e. The number of hydrogen-bond acceptors (Lipinski definition) is 4. The molecule has 0 saturated carbocycles. The summed E-state index contributed by atoms with van der Waals surface area (Å²) in [6.07, 6.45) is 2.80. The van der Waals surface area contributed by atoms with Crippen molar-refractivity contribution >= 4 is 17.7 Å². The monoisotopic (exact) mass is 279 g/mol. The number of nitrogens with two attached hydrogens (primary N) is 1. The Labute approximate surface area is 118 Å². The normalized spacial score (nSPS) is 22.7. The van der Waals surface area contributed by atoms with Gasteiger partial charge < -0.3 is 10.6 Å². The number of carbonyl (C=O) groups excluding carboxylic acids is 1. The van der Waals surface area contributed by atoms with Crippen LogP contribution in [0.1, 0.15) is 19.0 Å². The van der Waals surface area contributed by atoms with Crippen LogP contribution < -0.4 is 5.73 Å². The number of likely N-dealkylation sites (tertiary alicyclic amines) is 1. The minimum Gasteiger partial charge on any atom is -0.341 e. The molecule has 4 nitrogen and oxygen atoms in total. The highest BCUT2D eigenvalue weighted by molar-refractivity contribution is 7.99. The average molecular weight is 279 g/mol. The lowest BCUT2D eigenvalue weighted by Crippen LogP contribution is -2.35. The minimum absolute atomic E-state index is 0.112. The largest absolute Gasteiger partial charge is 0.341 e. The minimum atomic E-state index is 0.112. The summed E-state index contributed by atoms with van der Waals surface area (Å²) in [4.78, 5) is 18.3. The molecule has 1 amide bonds. The van der Waals surface area contributed by atoms with Gasteiger partial charge in [0.05, 0.1) is 11.4 Å². The first kappa shape index (κ1) is 14.3. The number of pyridine rings is 1. The van der Waals surface area contributed by atoms with Crippen LogP contribution in [0.15, 0.2) is 24.4 Å². The fourth-order valence-corrected chi connectivity index (χ4v) is 3.06. The third-order valence-corrected chi connectivity index (χ3v) is 4.56. The molecule has 2 heterocycles. The first-order valence-electron chi connectivity index (χ1n) is 6.58. The van der Waals surface area contributed by atoms with E-state index in [-0.39, 0.29) is 11.3 Å². The molecule has 1 aliphatic rings. The zero-order valence-corrected chi connectivity index (χ0v) is 12.2. The Bertz CT molecular complexity index is 426. The summed E-state index contributed by atoms with van der Waals surface area (Å²) in [5.74, 6) is 1.53. The van der Waals surface area contributed by atoms with Crippen molar-refractivity contribution in [3.8, 4) is 0 Å². The van der Waals surface area contributed by atoms with E-state index >= 15 is 0 Å². The molecule has 1 saturated heterocycles. The molecular formula is C14H21N3OS. The van der Waals surface area contributed by atoms with Crippen LogP contribution in [0.25, 0.3) is 0 Å². The molecule has 2 rings (SSSR count). The van der Waals surface area contributed by atoms with Gasteiger partial charge in [-0.05, 0) is 30.5 Å². The molecule has 1 aromatic rings. The van der Waals surface area contributed by atoms with E-state index in [1.165, 1.54) is 0 Å². The van der Waals surface area contributed by atoms with Crippen molar-refractivity contribution in [2.45, 2.75) is 19.1 Å². The predicted molar refractivity (Wildman–Crippen MR) is 78.8 cm³/mol. The Hall–Kier alpha value is -1.07. The quantitative estimate of drug-likeness (QED) is 0.887. The number of thioether (sulfide) groups is 1. The summed E-state index contributed by atoms with van der Waals surface area (Å²) in [6, 6.07) is 5.86. The van der Waals surface area contributed by atoms with Crippen molar-refractivity contribution in [2.75, 3.05) is 25.4 Å². The van der Waals surface area contributed by atoms with E-state index in [1.54, 1.807) is 18.0 Å². The molecule has 0 aromatic carbocycles. The van der Waals surface area contributed by atoms with Gasteiger partial charge in [0.15, 0.2) is 0 Å². The Morgan fingerprint density at radius 2 is 2.42 bits per heavy atom. The van der Waals surface area contributed by atoms with Crippen LogP contribution in [-0.2, 0) is 10.5 Å². The zero-order chi connectivity index (χ0) is 13.7. The van der Waals surface area contributed by atoms with Gasteiger partial charge in [-0.15, -0.1) is 11.8 Å². The number of amides is 1. The Morgan fingerprint density at radius 1 is 1.58 bits per heavy atom. The lowest BCUT2D eigenvalue weighted by molar-refractivity contribution is -0.127. The van der Waals surface area contributed by atoms with Crippen LogP contribution in [-0.4, -0.2) is 41.2 Å². The van der Waals surface area contributed by atoms with Crippen LogP contribution >= 0.6 is 11.8 Å². The van der Waals surface area contributed by atoms with Gasteiger partial charge in [0, 0.05) is 25.0 Å². The molecule has 104 valence electrons. The molecule has 1 atom stereocenters. The van der Waals surface area contributed by atoms with Crippen LogP contribution in [0.4, 0.5) is 0 Å². The van der Waals surface area contributed by atoms with Gasteiger partial charge >= 0.3 is 0 Å². The summed E-state index contributed by atoms with van der Waals surface area (Å²) < 4.78 is 0. The number of carbonyl (C=O) groups is 1. The molecule has 5 heteroatoms. The molecule has 0 bridgehead atoms. The second-order valence-electron chi connectivity index (χ2n) is 5.39. The predicted octanol–water partition coefficient (Wildman–Crippen LogP) is 1.51. The number of aromatic nitrogens is 1. The summed E-state index contributed by atoms with van der Waals surface area (Å²) in [7, 11) is 0. The summed E-state index contributed by atoms with van der Waals surface area (Å²) in [6.45, 7) is 4.45. The van der Waals surface area contributed by atoms with E-state index in [1.807, 2.05) is 23.1 Å². The number of nitrogens with zero attached hydrogens (tertiary/aromatic N) is 2. The fourth-order valence-electron chi connectivity index (χ4n) is 2.22. The van der Waals surface area contributed by atoms with Crippen molar-refractivity contribution in [1.29, 1.82) is 0 Å². The van der Waals surface area contributed by atoms with Crippen molar-refractivity contribution in [2.24, 2.45) is 11.1 Å². The topological polar surface area (TPSA) is 59.2 Å². The first-order chi connectivity index (χ1) is 9.13. The van der Waals surface area contributed by atoms with Gasteiger partial charge in [0.1, 0.15) is 0 Å². The molecule has 1 aliphatic heterocycles. The third kappa shape index (κ3) is 3.94. The first-order valence-corrected chi connectivity index (χ1v) is 7.74. The standard InChI is InChI=1S/C14H21N3OS/c1-14(10-15)5-7-17(11-14)13(18)9-19-8-12-4-2-3-6-16-12/h2-4,6H,5,7-11,15H2,1H3. The lowest BCUT2D eigenvalue weighted by atomic mass is 9.90. The molecule has 2 N–H and O–H groups in total. The average Bonchev–Trinajstić information content (AvgIpc) is 2.83. The van der Waals surface area contributed by atoms with Gasteiger partial charge in [-0.3, -0.25) is 9.78 Å². The highest BCUT2D eigenvalue weighted by Gasteiger charge is 2.34. The van der Waals surface area contributed by atoms with Crippen LogP contribution in [0.5, 0.6) is 0 Å². The summed E-state index contributed by atoms with van der Waals surface area (Å²) in [5, 5.41) is 0. The van der Waals surface area contributed by atoms with E-state index in [0.717, 1.165) is 31.0 Å². The number of hydrogen-bond donors (Lipinski definition) is 1. The Kier molecular flexibility index (Phi) is 4.82. The second-order valence-corrected chi connectivity index (χ2v) is 6.38. The van der Waals surface area contributed by atoms with Crippen LogP contribution in [0, 0.1) is 5.41 Å². The van der Waals surface area contributed by atoms with Crippen molar-refractivity contribution in [3.05, 3.63) is 30.1 Å². The molecule has 1 fully saturated rings. The SMILES string of the molecule is CC1(CN)CCN(C(=O)CSCc2ccccn2)C1. The van der Waals surface area contributed by atoms with Gasteiger partial charge in [0.25, 0.3) is 0 Å². The van der Waals surface area contributed by atoms with E-state index < -0.39 is 0 Å². The Balaban J connectivity index is 1.74. The molecule has 1 aromatic heterocycles. The second kappa shape index (κ2) is 6.39. The lowest BCUT2D eigenvalue weighted by Gasteiger charge is -2.22. The van der Waals surface area contributed by atoms with E-state index in [4.69, 9.17) is 5.73 Å². The van der Waals surface area contributed by atoms with Gasteiger partial charge in [0.2, 0.25) is 5.91 Å². The van der Waals surface area contributed by atoms with Crippen molar-refractivity contribution < 1.29 is 4.79 Å². The van der Waals surface area contributed by atoms with Gasteiger partial charge in [-0.2, -0.15) is 0 Å². The van der Waals surface area contributed by atoms with Gasteiger partial charge in [-0.1, -0.05) is 13.0 Å². The molecule has 0 spiro atoms. The zero-order valence-electron chi connectivity index (χ0n) is 11.3. The highest BCUT2D eigenvalue weighted by atomic mass is 32.2. The highest BCUT2D eigenvalue weighted by Crippen LogP contribution is 2.28. The molecule has 0 radical (unpaired) electrons. The summed E-state index contributed by atoms with van der Waals surface area (Å²) in [5.41, 5.74) is 6.89. The molecule has 1 unspecified atom stereocenters. The maximum Gasteiger partial charge on any atom is 0.232 e. The maximum atomic E-state index is 12.1. The van der Waals surface area contributed by atoms with Crippen LogP contribution in [0.3, 0.4) is 0 Å². The Morgan fingerprint density at radius 3 is 3.05 bits per heavy atom. The fraction of sp³-hybridized carbons (Fsp3) is 0.571. The van der Waals surface area contributed by atoms with Gasteiger partial charge in [-0.25, -0.2) is 0 Å².